The minimum Gasteiger partial charge on any atom is -0.326 e. The summed E-state index contributed by atoms with van der Waals surface area (Å²) in [6.07, 6.45) is 0.550. The molecule has 0 bridgehead atoms. The molecule has 3 rings (SSSR count). The van der Waals surface area contributed by atoms with Crippen molar-refractivity contribution in [1.82, 2.24) is 10.2 Å². The number of carbonyl (C=O) groups excluding carboxylic acids is 2. The summed E-state index contributed by atoms with van der Waals surface area (Å²) in [6, 6.07) is 12.3. The first-order valence-electron chi connectivity index (χ1n) is 7.94. The lowest BCUT2D eigenvalue weighted by molar-refractivity contribution is -0.116. The number of aryl methyl sites for hydroxylation is 1. The summed E-state index contributed by atoms with van der Waals surface area (Å²) in [5.41, 5.74) is 1.07. The molecule has 1 heterocycles. The first-order chi connectivity index (χ1) is 13.0. The molecule has 0 saturated heterocycles. The number of hydrogen-bond acceptors (Lipinski definition) is 5. The summed E-state index contributed by atoms with van der Waals surface area (Å²) in [7, 11) is 0. The Morgan fingerprint density at radius 2 is 1.81 bits per heavy atom. The molecule has 1 aromatic heterocycles. The van der Waals surface area contributed by atoms with Gasteiger partial charge in [0, 0.05) is 29.2 Å². The van der Waals surface area contributed by atoms with E-state index in [9.17, 15) is 14.0 Å². The van der Waals surface area contributed by atoms with E-state index in [2.05, 4.69) is 20.8 Å². The largest absolute Gasteiger partial charge is 0.326 e. The van der Waals surface area contributed by atoms with Gasteiger partial charge in [0.05, 0.1) is 0 Å². The molecule has 0 radical (unpaired) electrons. The van der Waals surface area contributed by atoms with Crippen molar-refractivity contribution in [2.24, 2.45) is 0 Å². The quantitative estimate of drug-likeness (QED) is 0.646. The smallest absolute Gasteiger partial charge is 0.286 e. The van der Waals surface area contributed by atoms with Crippen LogP contribution in [-0.4, -0.2) is 22.0 Å². The van der Waals surface area contributed by atoms with Crippen molar-refractivity contribution in [3.8, 4) is 0 Å². The summed E-state index contributed by atoms with van der Waals surface area (Å²) < 4.78 is 12.9. The number of hydrogen-bond donors (Lipinski definition) is 2. The molecule has 0 aliphatic carbocycles. The second kappa shape index (κ2) is 8.70. The number of benzene rings is 2. The van der Waals surface area contributed by atoms with Gasteiger partial charge in [0.15, 0.2) is 0 Å². The third-order valence-corrected chi connectivity index (χ3v) is 4.65. The molecule has 0 saturated carbocycles. The van der Waals surface area contributed by atoms with Crippen LogP contribution in [0.25, 0.3) is 0 Å². The van der Waals surface area contributed by atoms with Crippen LogP contribution in [0.3, 0.4) is 0 Å². The van der Waals surface area contributed by atoms with Crippen molar-refractivity contribution >= 4 is 46.1 Å². The molecular formula is C18H14ClFN4O2S. The molecule has 3 aromatic rings. The van der Waals surface area contributed by atoms with Gasteiger partial charge in [-0.1, -0.05) is 29.0 Å². The van der Waals surface area contributed by atoms with Gasteiger partial charge in [-0.05, 0) is 42.5 Å². The summed E-state index contributed by atoms with van der Waals surface area (Å²) >= 11 is 6.98. The first-order valence-corrected chi connectivity index (χ1v) is 9.14. The maximum absolute atomic E-state index is 12.9. The second-order valence-corrected chi connectivity index (χ2v) is 7.02. The molecule has 0 aliphatic heterocycles. The van der Waals surface area contributed by atoms with Crippen LogP contribution in [0.4, 0.5) is 15.8 Å². The van der Waals surface area contributed by atoms with Gasteiger partial charge in [0.1, 0.15) is 10.8 Å². The van der Waals surface area contributed by atoms with Crippen molar-refractivity contribution in [3.63, 3.8) is 0 Å². The summed E-state index contributed by atoms with van der Waals surface area (Å²) in [5, 5.41) is 14.4. The van der Waals surface area contributed by atoms with Crippen LogP contribution in [0.2, 0.25) is 5.02 Å². The molecular weight excluding hydrogens is 391 g/mol. The van der Waals surface area contributed by atoms with Gasteiger partial charge in [-0.2, -0.15) is 0 Å². The summed E-state index contributed by atoms with van der Waals surface area (Å²) in [5.74, 6) is -1.01. The SMILES string of the molecule is O=C(CCc1nnc(C(=O)Nc2ccc(F)cc2)s1)Nc1cccc(Cl)c1. The van der Waals surface area contributed by atoms with E-state index < -0.39 is 5.91 Å². The topological polar surface area (TPSA) is 84.0 Å². The van der Waals surface area contributed by atoms with Crippen molar-refractivity contribution in [3.05, 3.63) is 69.4 Å². The predicted octanol–water partition coefficient (Wildman–Crippen LogP) is 4.15. The van der Waals surface area contributed by atoms with E-state index in [1.54, 1.807) is 24.3 Å². The van der Waals surface area contributed by atoms with Gasteiger partial charge < -0.3 is 10.6 Å². The number of anilines is 2. The minimum atomic E-state index is -0.436. The van der Waals surface area contributed by atoms with Gasteiger partial charge in [0.2, 0.25) is 10.9 Å². The Morgan fingerprint density at radius 1 is 1.04 bits per heavy atom. The highest BCUT2D eigenvalue weighted by Gasteiger charge is 2.14. The van der Waals surface area contributed by atoms with Crippen molar-refractivity contribution in [1.29, 1.82) is 0 Å². The lowest BCUT2D eigenvalue weighted by atomic mass is 10.2. The standard InChI is InChI=1S/C18H14ClFN4O2S/c19-11-2-1-3-14(10-11)21-15(25)8-9-16-23-24-18(27-16)17(26)22-13-6-4-12(20)5-7-13/h1-7,10H,8-9H2,(H,21,25)(H,22,26). The van der Waals surface area contributed by atoms with Gasteiger partial charge in [-0.25, -0.2) is 4.39 Å². The molecule has 0 unspecified atom stereocenters. The van der Waals surface area contributed by atoms with Gasteiger partial charge in [-0.3, -0.25) is 9.59 Å². The first kappa shape index (κ1) is 18.9. The maximum Gasteiger partial charge on any atom is 0.286 e. The molecule has 9 heteroatoms. The summed E-state index contributed by atoms with van der Waals surface area (Å²) in [4.78, 5) is 24.1. The fourth-order valence-electron chi connectivity index (χ4n) is 2.17. The van der Waals surface area contributed by atoms with Crippen molar-refractivity contribution in [2.75, 3.05) is 10.6 Å². The van der Waals surface area contributed by atoms with E-state index in [1.807, 2.05) is 0 Å². The minimum absolute atomic E-state index is 0.171. The molecule has 0 atom stereocenters. The third-order valence-electron chi connectivity index (χ3n) is 3.44. The van der Waals surface area contributed by atoms with Crippen LogP contribution in [0.1, 0.15) is 21.2 Å². The molecule has 27 heavy (non-hydrogen) atoms. The lowest BCUT2D eigenvalue weighted by Gasteiger charge is -2.04. The fourth-order valence-corrected chi connectivity index (χ4v) is 3.10. The summed E-state index contributed by atoms with van der Waals surface area (Å²) in [6.45, 7) is 0. The highest BCUT2D eigenvalue weighted by Crippen LogP contribution is 2.17. The monoisotopic (exact) mass is 404 g/mol. The molecule has 138 valence electrons. The zero-order chi connectivity index (χ0) is 19.2. The predicted molar refractivity (Wildman–Crippen MR) is 103 cm³/mol. The highest BCUT2D eigenvalue weighted by atomic mass is 35.5. The average molecular weight is 405 g/mol. The van der Waals surface area contributed by atoms with E-state index >= 15 is 0 Å². The zero-order valence-corrected chi connectivity index (χ0v) is 15.5. The van der Waals surface area contributed by atoms with E-state index in [1.165, 1.54) is 24.3 Å². The zero-order valence-electron chi connectivity index (χ0n) is 13.9. The molecule has 2 aromatic carbocycles. The Balaban J connectivity index is 1.52. The Kier molecular flexibility index (Phi) is 6.10. The Morgan fingerprint density at radius 3 is 2.56 bits per heavy atom. The number of nitrogens with zero attached hydrogens (tertiary/aromatic N) is 2. The number of halogens is 2. The normalized spacial score (nSPS) is 10.4. The molecule has 0 aliphatic rings. The van der Waals surface area contributed by atoms with E-state index in [0.29, 0.717) is 27.8 Å². The number of aromatic nitrogens is 2. The molecule has 0 fully saturated rings. The van der Waals surface area contributed by atoms with Crippen LogP contribution in [0.15, 0.2) is 48.5 Å². The number of nitrogens with one attached hydrogen (secondary N) is 2. The number of amides is 2. The molecule has 6 nitrogen and oxygen atoms in total. The highest BCUT2D eigenvalue weighted by molar-refractivity contribution is 7.13. The van der Waals surface area contributed by atoms with E-state index in [0.717, 1.165) is 11.3 Å². The van der Waals surface area contributed by atoms with Crippen molar-refractivity contribution in [2.45, 2.75) is 12.8 Å². The molecule has 2 amide bonds. The lowest BCUT2D eigenvalue weighted by Crippen LogP contribution is -2.12. The van der Waals surface area contributed by atoms with Crippen LogP contribution >= 0.6 is 22.9 Å². The molecule has 2 N–H and O–H groups in total. The van der Waals surface area contributed by atoms with Crippen LogP contribution < -0.4 is 10.6 Å². The maximum atomic E-state index is 12.9. The van der Waals surface area contributed by atoms with Gasteiger partial charge in [0.25, 0.3) is 5.91 Å². The average Bonchev–Trinajstić information content (AvgIpc) is 3.11. The Hall–Kier alpha value is -2.84. The van der Waals surface area contributed by atoms with Gasteiger partial charge >= 0.3 is 0 Å². The number of carbonyl (C=O) groups is 2. The molecule has 0 spiro atoms. The van der Waals surface area contributed by atoms with Crippen molar-refractivity contribution < 1.29 is 14.0 Å². The third kappa shape index (κ3) is 5.57. The van der Waals surface area contributed by atoms with Gasteiger partial charge in [-0.15, -0.1) is 10.2 Å². The number of rotatable bonds is 6. The van der Waals surface area contributed by atoms with E-state index in [-0.39, 0.29) is 23.2 Å². The Bertz CT molecular complexity index is 962. The van der Waals surface area contributed by atoms with Crippen LogP contribution in [-0.2, 0) is 11.2 Å². The second-order valence-electron chi connectivity index (χ2n) is 5.52. The Labute approximate surface area is 163 Å². The van der Waals surface area contributed by atoms with E-state index in [4.69, 9.17) is 11.6 Å². The van der Waals surface area contributed by atoms with Crippen LogP contribution in [0, 0.1) is 5.82 Å². The van der Waals surface area contributed by atoms with Crippen LogP contribution in [0.5, 0.6) is 0 Å². The fraction of sp³-hybridized carbons (Fsp3) is 0.111.